The number of rotatable bonds is 4. The maximum atomic E-state index is 12.6. The number of carbonyl (C=O) groups is 3. The van der Waals surface area contributed by atoms with Crippen molar-refractivity contribution in [2.24, 2.45) is 5.73 Å². The first-order valence-electron chi connectivity index (χ1n) is 8.98. The summed E-state index contributed by atoms with van der Waals surface area (Å²) in [7, 11) is 0. The molecule has 29 heavy (non-hydrogen) atoms. The van der Waals surface area contributed by atoms with Gasteiger partial charge in [-0.3, -0.25) is 14.4 Å². The van der Waals surface area contributed by atoms with Gasteiger partial charge in [0.2, 0.25) is 11.8 Å². The van der Waals surface area contributed by atoms with Crippen LogP contribution in [0.15, 0.2) is 36.4 Å². The third-order valence-electron chi connectivity index (χ3n) is 4.57. The van der Waals surface area contributed by atoms with Crippen molar-refractivity contribution in [3.8, 4) is 0 Å². The molecule has 2 aromatic rings. The Balaban J connectivity index is 2.07. The maximum absolute atomic E-state index is 12.6. The van der Waals surface area contributed by atoms with Crippen LogP contribution in [0.2, 0.25) is 10.0 Å². The summed E-state index contributed by atoms with van der Waals surface area (Å²) in [5, 5.41) is 6.28. The van der Waals surface area contributed by atoms with E-state index in [1.54, 1.807) is 36.4 Å². The summed E-state index contributed by atoms with van der Waals surface area (Å²) in [5.74, 6) is -0.881. The van der Waals surface area contributed by atoms with E-state index in [0.29, 0.717) is 45.6 Å². The Bertz CT molecular complexity index is 980. The van der Waals surface area contributed by atoms with Crippen molar-refractivity contribution in [2.45, 2.75) is 19.4 Å². The Morgan fingerprint density at radius 3 is 2.66 bits per heavy atom. The number of nitrogens with one attached hydrogen (secondary N) is 2. The Hall–Kier alpha value is -2.61. The van der Waals surface area contributed by atoms with Gasteiger partial charge in [-0.1, -0.05) is 29.3 Å². The van der Waals surface area contributed by atoms with Crippen LogP contribution in [0, 0.1) is 0 Å². The molecule has 2 aromatic carbocycles. The molecule has 0 saturated heterocycles. The summed E-state index contributed by atoms with van der Waals surface area (Å²) >= 11 is 12.3. The molecule has 0 saturated carbocycles. The number of carbonyl (C=O) groups excluding carboxylic acids is 3. The van der Waals surface area contributed by atoms with Crippen LogP contribution in [0.1, 0.15) is 35.3 Å². The molecule has 0 radical (unpaired) electrons. The number of halogens is 2. The molecule has 7 nitrogen and oxygen atoms in total. The van der Waals surface area contributed by atoms with Gasteiger partial charge >= 0.3 is 0 Å². The van der Waals surface area contributed by atoms with Gasteiger partial charge in [0.1, 0.15) is 0 Å². The highest BCUT2D eigenvalue weighted by Crippen LogP contribution is 2.41. The normalized spacial score (nSPS) is 15.9. The number of benzene rings is 2. The summed E-state index contributed by atoms with van der Waals surface area (Å²) in [6.45, 7) is 2.06. The third-order valence-corrected chi connectivity index (χ3v) is 5.14. The zero-order valence-electron chi connectivity index (χ0n) is 15.7. The molecular formula is C20H20Cl2N4O3. The van der Waals surface area contributed by atoms with Crippen LogP contribution in [0.25, 0.3) is 0 Å². The molecule has 0 bridgehead atoms. The first-order valence-corrected chi connectivity index (χ1v) is 9.74. The summed E-state index contributed by atoms with van der Waals surface area (Å²) in [6, 6.07) is 9.10. The van der Waals surface area contributed by atoms with Crippen molar-refractivity contribution < 1.29 is 14.4 Å². The fourth-order valence-corrected chi connectivity index (χ4v) is 3.86. The van der Waals surface area contributed by atoms with Crippen molar-refractivity contribution in [2.75, 3.05) is 23.3 Å². The summed E-state index contributed by atoms with van der Waals surface area (Å²) in [6.07, 6.45) is 0.00428. The lowest BCUT2D eigenvalue weighted by atomic mass is 10.0. The van der Waals surface area contributed by atoms with Gasteiger partial charge in [0.15, 0.2) is 0 Å². The van der Waals surface area contributed by atoms with E-state index < -0.39 is 6.04 Å². The highest BCUT2D eigenvalue weighted by Gasteiger charge is 2.33. The minimum Gasteiger partial charge on any atom is -0.351 e. The molecule has 1 heterocycles. The number of anilines is 2. The highest BCUT2D eigenvalue weighted by molar-refractivity contribution is 6.35. The Kier molecular flexibility index (Phi) is 6.42. The number of amides is 3. The van der Waals surface area contributed by atoms with E-state index in [1.165, 1.54) is 11.8 Å². The number of hydrogen-bond acceptors (Lipinski definition) is 4. The van der Waals surface area contributed by atoms with Gasteiger partial charge < -0.3 is 21.3 Å². The van der Waals surface area contributed by atoms with Gasteiger partial charge in [-0.2, -0.15) is 0 Å². The van der Waals surface area contributed by atoms with Gasteiger partial charge in [-0.15, -0.1) is 0 Å². The molecule has 0 fully saturated rings. The van der Waals surface area contributed by atoms with Gasteiger partial charge in [0, 0.05) is 35.6 Å². The summed E-state index contributed by atoms with van der Waals surface area (Å²) in [5.41, 5.74) is 7.23. The van der Waals surface area contributed by atoms with Crippen molar-refractivity contribution in [3.63, 3.8) is 0 Å². The van der Waals surface area contributed by atoms with Crippen LogP contribution in [0.4, 0.5) is 11.4 Å². The quantitative estimate of drug-likeness (QED) is 0.687. The van der Waals surface area contributed by atoms with Gasteiger partial charge in [0.05, 0.1) is 23.8 Å². The molecule has 0 aliphatic carbocycles. The molecule has 0 spiro atoms. The van der Waals surface area contributed by atoms with Gasteiger partial charge in [-0.05, 0) is 35.9 Å². The SMILES string of the molecule is CC(=O)N1c2ccc(C(=O)NCCN)cc2NC(=O)CC1c1ccc(Cl)cc1Cl. The zero-order valence-corrected chi connectivity index (χ0v) is 17.2. The fraction of sp³-hybridized carbons (Fsp3) is 0.250. The molecule has 1 atom stereocenters. The molecule has 152 valence electrons. The fourth-order valence-electron chi connectivity index (χ4n) is 3.32. The average molecular weight is 435 g/mol. The molecule has 9 heteroatoms. The predicted octanol–water partition coefficient (Wildman–Crippen LogP) is 3.12. The standard InChI is InChI=1S/C20H20Cl2N4O3/c1-11(27)26-17-5-2-12(20(29)24-7-6-23)8-16(17)25-19(28)10-18(26)14-4-3-13(21)9-15(14)22/h2-5,8-9,18H,6-7,10,23H2,1H3,(H,24,29)(H,25,28). The van der Waals surface area contributed by atoms with E-state index in [2.05, 4.69) is 10.6 Å². The Labute approximate surface area is 178 Å². The minimum absolute atomic E-state index is 0.00428. The lowest BCUT2D eigenvalue weighted by molar-refractivity contribution is -0.118. The molecule has 1 unspecified atom stereocenters. The first-order chi connectivity index (χ1) is 13.8. The second-order valence-electron chi connectivity index (χ2n) is 6.60. The van der Waals surface area contributed by atoms with E-state index in [-0.39, 0.29) is 24.1 Å². The molecule has 4 N–H and O–H groups in total. The van der Waals surface area contributed by atoms with Crippen LogP contribution in [0.5, 0.6) is 0 Å². The predicted molar refractivity (Wildman–Crippen MR) is 113 cm³/mol. The monoisotopic (exact) mass is 434 g/mol. The number of nitrogens with zero attached hydrogens (tertiary/aromatic N) is 1. The van der Waals surface area contributed by atoms with Crippen LogP contribution in [-0.2, 0) is 9.59 Å². The smallest absolute Gasteiger partial charge is 0.251 e. The van der Waals surface area contributed by atoms with Crippen LogP contribution < -0.4 is 21.3 Å². The van der Waals surface area contributed by atoms with E-state index in [1.807, 2.05) is 0 Å². The summed E-state index contributed by atoms with van der Waals surface area (Å²) < 4.78 is 0. The zero-order chi connectivity index (χ0) is 21.1. The Morgan fingerprint density at radius 2 is 2.00 bits per heavy atom. The van der Waals surface area contributed by atoms with Crippen molar-refractivity contribution >= 4 is 52.3 Å². The van der Waals surface area contributed by atoms with E-state index in [4.69, 9.17) is 28.9 Å². The molecule has 3 rings (SSSR count). The topological polar surface area (TPSA) is 105 Å². The van der Waals surface area contributed by atoms with Gasteiger partial charge in [-0.25, -0.2) is 0 Å². The van der Waals surface area contributed by atoms with Gasteiger partial charge in [0.25, 0.3) is 5.91 Å². The van der Waals surface area contributed by atoms with Crippen LogP contribution in [-0.4, -0.2) is 30.8 Å². The molecule has 3 amide bonds. The van der Waals surface area contributed by atoms with E-state index in [9.17, 15) is 14.4 Å². The highest BCUT2D eigenvalue weighted by atomic mass is 35.5. The third kappa shape index (κ3) is 4.53. The van der Waals surface area contributed by atoms with E-state index >= 15 is 0 Å². The Morgan fingerprint density at radius 1 is 1.24 bits per heavy atom. The van der Waals surface area contributed by atoms with Crippen LogP contribution >= 0.6 is 23.2 Å². The summed E-state index contributed by atoms with van der Waals surface area (Å²) in [4.78, 5) is 38.9. The lowest BCUT2D eigenvalue weighted by Gasteiger charge is -2.30. The molecule has 1 aliphatic heterocycles. The average Bonchev–Trinajstić information content (AvgIpc) is 2.80. The second-order valence-corrected chi connectivity index (χ2v) is 7.44. The number of nitrogens with two attached hydrogens (primary N) is 1. The van der Waals surface area contributed by atoms with Crippen molar-refractivity contribution in [1.29, 1.82) is 0 Å². The van der Waals surface area contributed by atoms with Crippen molar-refractivity contribution in [1.82, 2.24) is 5.32 Å². The molecule has 0 aromatic heterocycles. The largest absolute Gasteiger partial charge is 0.351 e. The lowest BCUT2D eigenvalue weighted by Crippen LogP contribution is -2.33. The van der Waals surface area contributed by atoms with Crippen molar-refractivity contribution in [3.05, 3.63) is 57.6 Å². The van der Waals surface area contributed by atoms with E-state index in [0.717, 1.165) is 0 Å². The number of fused-ring (bicyclic) bond motifs is 1. The minimum atomic E-state index is -0.615. The first kappa shape index (κ1) is 21.1. The number of hydrogen-bond donors (Lipinski definition) is 3. The maximum Gasteiger partial charge on any atom is 0.251 e. The second kappa shape index (κ2) is 8.82. The van der Waals surface area contributed by atoms with Crippen LogP contribution in [0.3, 0.4) is 0 Å². The molecular weight excluding hydrogens is 415 g/mol. The molecule has 1 aliphatic rings.